The summed E-state index contributed by atoms with van der Waals surface area (Å²) in [7, 11) is 1.29. The average molecular weight is 390 g/mol. The summed E-state index contributed by atoms with van der Waals surface area (Å²) >= 11 is 0. The summed E-state index contributed by atoms with van der Waals surface area (Å²) in [6, 6.07) is 19.5. The molecule has 1 atom stereocenters. The van der Waals surface area contributed by atoms with E-state index in [-0.39, 0.29) is 5.91 Å². The van der Waals surface area contributed by atoms with Crippen LogP contribution in [-0.2, 0) is 20.7 Å². The fourth-order valence-electron chi connectivity index (χ4n) is 3.12. The van der Waals surface area contributed by atoms with Crippen LogP contribution in [-0.4, -0.2) is 30.9 Å². The standard InChI is InChI=1S/C23H22N2O4/c1-15(26)24-20-9-5-8-19(14-20)22(27)25-21(23(28)29-2)13-16-10-11-17-6-3-4-7-18(17)12-16/h3-12,14,21H,13H2,1-2H3,(H,24,26)(H,25,27)/t21-/m0/s1. The first kappa shape index (κ1) is 20.1. The molecule has 0 aliphatic carbocycles. The SMILES string of the molecule is COC(=O)[C@H](Cc1ccc2ccccc2c1)NC(=O)c1cccc(NC(C)=O)c1. The van der Waals surface area contributed by atoms with Crippen molar-refractivity contribution in [3.63, 3.8) is 0 Å². The molecule has 2 N–H and O–H groups in total. The molecule has 0 bridgehead atoms. The van der Waals surface area contributed by atoms with E-state index in [2.05, 4.69) is 10.6 Å². The number of benzene rings is 3. The van der Waals surface area contributed by atoms with Gasteiger partial charge in [0.05, 0.1) is 7.11 Å². The first-order chi connectivity index (χ1) is 14.0. The van der Waals surface area contributed by atoms with Gasteiger partial charge in [0.15, 0.2) is 0 Å². The van der Waals surface area contributed by atoms with E-state index in [0.717, 1.165) is 16.3 Å². The third-order valence-electron chi connectivity index (χ3n) is 4.49. The van der Waals surface area contributed by atoms with Gasteiger partial charge in [0, 0.05) is 24.6 Å². The highest BCUT2D eigenvalue weighted by Gasteiger charge is 2.23. The van der Waals surface area contributed by atoms with Crippen molar-refractivity contribution in [2.45, 2.75) is 19.4 Å². The van der Waals surface area contributed by atoms with Gasteiger partial charge in [-0.1, -0.05) is 48.5 Å². The third kappa shape index (κ3) is 5.19. The molecular weight excluding hydrogens is 368 g/mol. The number of nitrogens with one attached hydrogen (secondary N) is 2. The topological polar surface area (TPSA) is 84.5 Å². The Hall–Kier alpha value is -3.67. The first-order valence-corrected chi connectivity index (χ1v) is 9.20. The predicted octanol–water partition coefficient (Wildman–Crippen LogP) is 3.31. The van der Waals surface area contributed by atoms with Crippen molar-refractivity contribution in [1.82, 2.24) is 5.32 Å². The van der Waals surface area contributed by atoms with Crippen LogP contribution in [0.15, 0.2) is 66.7 Å². The van der Waals surface area contributed by atoms with E-state index >= 15 is 0 Å². The number of carbonyl (C=O) groups excluding carboxylic acids is 3. The summed E-state index contributed by atoms with van der Waals surface area (Å²) in [4.78, 5) is 36.2. The summed E-state index contributed by atoms with van der Waals surface area (Å²) in [5.74, 6) is -1.18. The Labute approximate surface area is 168 Å². The summed E-state index contributed by atoms with van der Waals surface area (Å²) in [6.07, 6.45) is 0.300. The fraction of sp³-hybridized carbons (Fsp3) is 0.174. The van der Waals surface area contributed by atoms with Crippen LogP contribution in [0.1, 0.15) is 22.8 Å². The van der Waals surface area contributed by atoms with Crippen molar-refractivity contribution < 1.29 is 19.1 Å². The maximum absolute atomic E-state index is 12.7. The van der Waals surface area contributed by atoms with Gasteiger partial charge in [-0.15, -0.1) is 0 Å². The molecule has 0 spiro atoms. The first-order valence-electron chi connectivity index (χ1n) is 9.20. The Morgan fingerprint density at radius 2 is 1.69 bits per heavy atom. The summed E-state index contributed by atoms with van der Waals surface area (Å²) < 4.78 is 4.87. The van der Waals surface area contributed by atoms with E-state index < -0.39 is 17.9 Å². The van der Waals surface area contributed by atoms with Gasteiger partial charge in [0.2, 0.25) is 5.91 Å². The molecule has 0 radical (unpaired) electrons. The largest absolute Gasteiger partial charge is 0.467 e. The molecule has 0 unspecified atom stereocenters. The molecule has 0 aliphatic heterocycles. The molecule has 0 fully saturated rings. The normalized spacial score (nSPS) is 11.5. The number of methoxy groups -OCH3 is 1. The Morgan fingerprint density at radius 1 is 0.931 bits per heavy atom. The van der Waals surface area contributed by atoms with Crippen LogP contribution in [0.25, 0.3) is 10.8 Å². The molecule has 6 heteroatoms. The number of esters is 1. The Morgan fingerprint density at radius 3 is 2.41 bits per heavy atom. The maximum atomic E-state index is 12.7. The highest BCUT2D eigenvalue weighted by atomic mass is 16.5. The van der Waals surface area contributed by atoms with Crippen molar-refractivity contribution >= 4 is 34.2 Å². The lowest BCUT2D eigenvalue weighted by molar-refractivity contribution is -0.142. The van der Waals surface area contributed by atoms with Crippen molar-refractivity contribution in [1.29, 1.82) is 0 Å². The molecular formula is C23H22N2O4. The zero-order valence-electron chi connectivity index (χ0n) is 16.3. The number of anilines is 1. The molecule has 29 heavy (non-hydrogen) atoms. The Balaban J connectivity index is 1.79. The molecule has 0 saturated carbocycles. The predicted molar refractivity (Wildman–Crippen MR) is 112 cm³/mol. The van der Waals surface area contributed by atoms with Gasteiger partial charge in [-0.25, -0.2) is 4.79 Å². The quantitative estimate of drug-likeness (QED) is 0.633. The van der Waals surface area contributed by atoms with Gasteiger partial charge in [0.25, 0.3) is 5.91 Å². The highest BCUT2D eigenvalue weighted by Crippen LogP contribution is 2.17. The zero-order chi connectivity index (χ0) is 20.8. The molecule has 0 heterocycles. The van der Waals surface area contributed by atoms with Gasteiger partial charge in [-0.05, 0) is 34.5 Å². The van der Waals surface area contributed by atoms with Crippen molar-refractivity contribution in [2.75, 3.05) is 12.4 Å². The smallest absolute Gasteiger partial charge is 0.328 e. The Bertz CT molecular complexity index is 1060. The van der Waals surface area contributed by atoms with Crippen LogP contribution >= 0.6 is 0 Å². The van der Waals surface area contributed by atoms with E-state index in [4.69, 9.17) is 4.74 Å². The Kier molecular flexibility index (Phi) is 6.24. The van der Waals surface area contributed by atoms with Crippen molar-refractivity contribution in [2.24, 2.45) is 0 Å². The van der Waals surface area contributed by atoms with E-state index in [9.17, 15) is 14.4 Å². The van der Waals surface area contributed by atoms with Gasteiger partial charge < -0.3 is 15.4 Å². The number of hydrogen-bond donors (Lipinski definition) is 2. The molecule has 0 aliphatic rings. The molecule has 0 saturated heterocycles. The van der Waals surface area contributed by atoms with Gasteiger partial charge in [-0.3, -0.25) is 9.59 Å². The van der Waals surface area contributed by atoms with E-state index in [0.29, 0.717) is 17.7 Å². The lowest BCUT2D eigenvalue weighted by Gasteiger charge is -2.17. The van der Waals surface area contributed by atoms with Crippen LogP contribution in [0.5, 0.6) is 0 Å². The van der Waals surface area contributed by atoms with Crippen molar-refractivity contribution in [3.8, 4) is 0 Å². The minimum absolute atomic E-state index is 0.230. The third-order valence-corrected chi connectivity index (χ3v) is 4.49. The van der Waals surface area contributed by atoms with Crippen LogP contribution in [0.4, 0.5) is 5.69 Å². The van der Waals surface area contributed by atoms with Gasteiger partial charge in [0.1, 0.15) is 6.04 Å². The molecule has 0 aromatic heterocycles. The summed E-state index contributed by atoms with van der Waals surface area (Å²) in [5.41, 5.74) is 1.75. The number of ether oxygens (including phenoxy) is 1. The monoisotopic (exact) mass is 390 g/mol. The fourth-order valence-corrected chi connectivity index (χ4v) is 3.12. The number of amides is 2. The maximum Gasteiger partial charge on any atom is 0.328 e. The van der Waals surface area contributed by atoms with Crippen LogP contribution < -0.4 is 10.6 Å². The zero-order valence-corrected chi connectivity index (χ0v) is 16.3. The van der Waals surface area contributed by atoms with E-state index in [1.807, 2.05) is 42.5 Å². The van der Waals surface area contributed by atoms with Crippen LogP contribution in [0.3, 0.4) is 0 Å². The number of rotatable bonds is 6. The number of carbonyl (C=O) groups is 3. The number of hydrogen-bond acceptors (Lipinski definition) is 4. The summed E-state index contributed by atoms with van der Waals surface area (Å²) in [6.45, 7) is 1.39. The molecule has 3 aromatic carbocycles. The minimum atomic E-state index is -0.835. The van der Waals surface area contributed by atoms with E-state index in [1.54, 1.807) is 24.3 Å². The second-order valence-corrected chi connectivity index (χ2v) is 6.70. The molecule has 148 valence electrons. The average Bonchev–Trinajstić information content (AvgIpc) is 2.72. The lowest BCUT2D eigenvalue weighted by atomic mass is 10.0. The molecule has 6 nitrogen and oxygen atoms in total. The van der Waals surface area contributed by atoms with Crippen molar-refractivity contribution in [3.05, 3.63) is 77.9 Å². The van der Waals surface area contributed by atoms with Gasteiger partial charge in [-0.2, -0.15) is 0 Å². The lowest BCUT2D eigenvalue weighted by Crippen LogP contribution is -2.43. The molecule has 2 amide bonds. The van der Waals surface area contributed by atoms with Crippen LogP contribution in [0.2, 0.25) is 0 Å². The second-order valence-electron chi connectivity index (χ2n) is 6.70. The summed E-state index contributed by atoms with van der Waals surface area (Å²) in [5, 5.41) is 7.53. The number of fused-ring (bicyclic) bond motifs is 1. The van der Waals surface area contributed by atoms with Gasteiger partial charge >= 0.3 is 5.97 Å². The minimum Gasteiger partial charge on any atom is -0.467 e. The highest BCUT2D eigenvalue weighted by molar-refractivity contribution is 5.98. The van der Waals surface area contributed by atoms with Crippen LogP contribution in [0, 0.1) is 0 Å². The second kappa shape index (κ2) is 9.01. The molecule has 3 aromatic rings. The molecule has 3 rings (SSSR count). The van der Waals surface area contributed by atoms with E-state index in [1.165, 1.54) is 14.0 Å².